The molecule has 1 aliphatic carbocycles. The minimum Gasteiger partial charge on any atom is -0.361 e. The second-order valence-corrected chi connectivity index (χ2v) is 13.4. The summed E-state index contributed by atoms with van der Waals surface area (Å²) in [6.07, 6.45) is 8.96. The number of benzene rings is 3. The summed E-state index contributed by atoms with van der Waals surface area (Å²) in [6.45, 7) is 2.07. The third kappa shape index (κ3) is 5.56. The molecule has 42 heavy (non-hydrogen) atoms. The largest absolute Gasteiger partial charge is 0.361 e. The molecule has 0 spiro atoms. The van der Waals surface area contributed by atoms with Gasteiger partial charge in [-0.05, 0) is 66.4 Å². The fraction of sp³-hybridized carbons (Fsp3) is 0.294. The smallest absolute Gasteiger partial charge is 0.241 e. The number of aromatic amines is 1. The molecule has 7 nitrogen and oxygen atoms in total. The number of carbonyl (C=O) groups excluding carboxylic acids is 1. The predicted molar refractivity (Wildman–Crippen MR) is 167 cm³/mol. The summed E-state index contributed by atoms with van der Waals surface area (Å²) in [5.74, 6) is -0.363. The van der Waals surface area contributed by atoms with E-state index in [1.165, 1.54) is 0 Å². The van der Waals surface area contributed by atoms with Crippen molar-refractivity contribution in [1.29, 1.82) is 0 Å². The lowest BCUT2D eigenvalue weighted by Crippen LogP contribution is -2.59. The minimum atomic E-state index is -4.05. The molecule has 2 heterocycles. The van der Waals surface area contributed by atoms with Crippen LogP contribution in [-0.4, -0.2) is 36.4 Å². The Morgan fingerprint density at radius 3 is 2.45 bits per heavy atom. The van der Waals surface area contributed by atoms with E-state index < -0.39 is 15.6 Å². The van der Waals surface area contributed by atoms with Crippen molar-refractivity contribution in [2.75, 3.05) is 6.54 Å². The molecule has 1 atom stereocenters. The third-order valence-electron chi connectivity index (χ3n) is 8.72. The first-order valence-electron chi connectivity index (χ1n) is 14.6. The van der Waals surface area contributed by atoms with Crippen LogP contribution in [0.2, 0.25) is 0 Å². The maximum Gasteiger partial charge on any atom is 0.241 e. The van der Waals surface area contributed by atoms with Gasteiger partial charge in [-0.3, -0.25) is 9.78 Å². The van der Waals surface area contributed by atoms with E-state index in [0.29, 0.717) is 6.54 Å². The number of nitrogens with zero attached hydrogens (tertiary/aromatic N) is 1. The first-order valence-corrected chi connectivity index (χ1v) is 16.0. The average molecular weight is 581 g/mol. The van der Waals surface area contributed by atoms with E-state index in [0.717, 1.165) is 65.0 Å². The zero-order valence-corrected chi connectivity index (χ0v) is 24.6. The maximum atomic E-state index is 14.2. The molecule has 3 aromatic carbocycles. The maximum absolute atomic E-state index is 14.2. The molecule has 3 N–H and O–H groups in total. The SMILES string of the molecule is C[C@@](Cc1c[nH]c2ccccc12)(NS(=O)(=O)c1ccc2ccccc2c1)C(=O)NCC1(c2ccccn2)CCCCC1. The summed E-state index contributed by atoms with van der Waals surface area (Å²) < 4.78 is 30.6. The molecule has 216 valence electrons. The Morgan fingerprint density at radius 1 is 0.929 bits per heavy atom. The van der Waals surface area contributed by atoms with Crippen LogP contribution < -0.4 is 10.0 Å². The highest BCUT2D eigenvalue weighted by Crippen LogP contribution is 2.38. The Labute approximate surface area is 246 Å². The normalized spacial score (nSPS) is 16.7. The first kappa shape index (κ1) is 28.1. The molecule has 0 bridgehead atoms. The van der Waals surface area contributed by atoms with Gasteiger partial charge >= 0.3 is 0 Å². The topological polar surface area (TPSA) is 104 Å². The zero-order valence-electron chi connectivity index (χ0n) is 23.8. The van der Waals surface area contributed by atoms with E-state index in [-0.39, 0.29) is 22.6 Å². The van der Waals surface area contributed by atoms with Crippen molar-refractivity contribution in [2.45, 2.75) is 61.3 Å². The lowest BCUT2D eigenvalue weighted by atomic mass is 9.71. The van der Waals surface area contributed by atoms with Gasteiger partial charge in [0, 0.05) is 47.4 Å². The van der Waals surface area contributed by atoms with Crippen LogP contribution in [0.3, 0.4) is 0 Å². The number of fused-ring (bicyclic) bond motifs is 2. The second-order valence-electron chi connectivity index (χ2n) is 11.7. The van der Waals surface area contributed by atoms with Gasteiger partial charge in [-0.25, -0.2) is 8.42 Å². The van der Waals surface area contributed by atoms with Crippen molar-refractivity contribution in [1.82, 2.24) is 20.0 Å². The molecule has 0 aliphatic heterocycles. The van der Waals surface area contributed by atoms with Crippen molar-refractivity contribution in [3.05, 3.63) is 109 Å². The Balaban J connectivity index is 1.33. The Bertz CT molecular complexity index is 1830. The van der Waals surface area contributed by atoms with Crippen molar-refractivity contribution < 1.29 is 13.2 Å². The summed E-state index contributed by atoms with van der Waals surface area (Å²) in [6, 6.07) is 26.4. The first-order chi connectivity index (χ1) is 20.3. The van der Waals surface area contributed by atoms with Crippen LogP contribution in [0.15, 0.2) is 102 Å². The molecule has 5 aromatic rings. The highest BCUT2D eigenvalue weighted by Gasteiger charge is 2.41. The molecule has 1 amide bonds. The van der Waals surface area contributed by atoms with E-state index in [1.807, 2.05) is 72.9 Å². The highest BCUT2D eigenvalue weighted by atomic mass is 32.2. The number of para-hydroxylation sites is 1. The highest BCUT2D eigenvalue weighted by molar-refractivity contribution is 7.89. The van der Waals surface area contributed by atoms with Gasteiger partial charge in [0.2, 0.25) is 15.9 Å². The number of H-pyrrole nitrogens is 1. The number of carbonyl (C=O) groups is 1. The summed E-state index contributed by atoms with van der Waals surface area (Å²) in [5.41, 5.74) is 1.02. The fourth-order valence-corrected chi connectivity index (χ4v) is 7.79. The molecule has 1 aliphatic rings. The predicted octanol–water partition coefficient (Wildman–Crippen LogP) is 6.01. The molecule has 0 radical (unpaired) electrons. The van der Waals surface area contributed by atoms with Crippen LogP contribution in [0.5, 0.6) is 0 Å². The van der Waals surface area contributed by atoms with Crippen molar-refractivity contribution in [2.24, 2.45) is 0 Å². The van der Waals surface area contributed by atoms with Crippen LogP contribution >= 0.6 is 0 Å². The standard InChI is InChI=1S/C34H36N4O3S/c1-33(22-27-23-36-30-14-6-5-13-29(27)30,38-42(40,41)28-17-16-25-11-3-4-12-26(25)21-28)32(39)37-24-34(18-8-2-9-19-34)31-15-7-10-20-35-31/h3-7,10-17,20-21,23,36,38H,2,8-9,18-19,22,24H2,1H3,(H,37,39)/t33-/m0/s1. The fourth-order valence-electron chi connectivity index (χ4n) is 6.38. The quantitative estimate of drug-likeness (QED) is 0.199. The lowest BCUT2D eigenvalue weighted by Gasteiger charge is -2.38. The van der Waals surface area contributed by atoms with E-state index in [2.05, 4.69) is 20.0 Å². The number of hydrogen-bond acceptors (Lipinski definition) is 4. The van der Waals surface area contributed by atoms with Gasteiger partial charge in [-0.1, -0.05) is 73.9 Å². The van der Waals surface area contributed by atoms with Gasteiger partial charge < -0.3 is 10.3 Å². The van der Waals surface area contributed by atoms with Crippen LogP contribution in [0.1, 0.15) is 50.3 Å². The third-order valence-corrected chi connectivity index (χ3v) is 10.3. The number of nitrogens with one attached hydrogen (secondary N) is 3. The number of rotatable bonds is 9. The molecular weight excluding hydrogens is 544 g/mol. The van der Waals surface area contributed by atoms with Gasteiger partial charge in [0.15, 0.2) is 0 Å². The molecule has 0 unspecified atom stereocenters. The summed E-state index contributed by atoms with van der Waals surface area (Å²) in [5, 5.41) is 5.90. The average Bonchev–Trinajstić information content (AvgIpc) is 3.42. The molecule has 1 fully saturated rings. The van der Waals surface area contributed by atoms with Crippen molar-refractivity contribution in [3.63, 3.8) is 0 Å². The van der Waals surface area contributed by atoms with E-state index >= 15 is 0 Å². The molecule has 1 saturated carbocycles. The van der Waals surface area contributed by atoms with Crippen LogP contribution in [0.4, 0.5) is 0 Å². The number of hydrogen-bond donors (Lipinski definition) is 3. The van der Waals surface area contributed by atoms with E-state index in [9.17, 15) is 13.2 Å². The van der Waals surface area contributed by atoms with Crippen LogP contribution in [0.25, 0.3) is 21.7 Å². The van der Waals surface area contributed by atoms with Gasteiger partial charge in [-0.15, -0.1) is 0 Å². The van der Waals surface area contributed by atoms with Crippen LogP contribution in [-0.2, 0) is 26.7 Å². The van der Waals surface area contributed by atoms with E-state index in [1.54, 1.807) is 31.3 Å². The van der Waals surface area contributed by atoms with Gasteiger partial charge in [0.05, 0.1) is 4.90 Å². The Kier molecular flexibility index (Phi) is 7.60. The summed E-state index contributed by atoms with van der Waals surface area (Å²) >= 11 is 0. The summed E-state index contributed by atoms with van der Waals surface area (Å²) in [7, 11) is -4.05. The number of amides is 1. The van der Waals surface area contributed by atoms with Crippen molar-refractivity contribution in [3.8, 4) is 0 Å². The monoisotopic (exact) mass is 580 g/mol. The van der Waals surface area contributed by atoms with Gasteiger partial charge in [0.1, 0.15) is 5.54 Å². The minimum absolute atomic E-state index is 0.122. The molecule has 2 aromatic heterocycles. The zero-order chi connectivity index (χ0) is 29.2. The molecule has 6 rings (SSSR count). The second kappa shape index (κ2) is 11.3. The summed E-state index contributed by atoms with van der Waals surface area (Å²) in [4.78, 5) is 22.2. The number of sulfonamides is 1. The van der Waals surface area contributed by atoms with Crippen molar-refractivity contribution >= 4 is 37.6 Å². The van der Waals surface area contributed by atoms with Crippen LogP contribution in [0, 0.1) is 0 Å². The Morgan fingerprint density at radius 2 is 1.67 bits per heavy atom. The van der Waals surface area contributed by atoms with Gasteiger partial charge in [-0.2, -0.15) is 4.72 Å². The lowest BCUT2D eigenvalue weighted by molar-refractivity contribution is -0.126. The van der Waals surface area contributed by atoms with E-state index in [4.69, 9.17) is 0 Å². The Hall–Kier alpha value is -4.01. The number of aromatic nitrogens is 2. The molecular formula is C34H36N4O3S. The molecule has 0 saturated heterocycles. The molecule has 8 heteroatoms. The number of pyridine rings is 1. The van der Waals surface area contributed by atoms with Gasteiger partial charge in [0.25, 0.3) is 0 Å².